The van der Waals surface area contributed by atoms with Crippen LogP contribution in [-0.4, -0.2) is 23.7 Å². The van der Waals surface area contributed by atoms with E-state index < -0.39 is 5.41 Å². The highest BCUT2D eigenvalue weighted by atomic mass is 16.5. The maximum atomic E-state index is 13.1. The summed E-state index contributed by atoms with van der Waals surface area (Å²) in [5.41, 5.74) is 2.38. The minimum absolute atomic E-state index is 0.000309. The zero-order valence-electron chi connectivity index (χ0n) is 14.8. The molecule has 130 valence electrons. The molecular formula is C19H22N4O2. The minimum Gasteiger partial charge on any atom is -0.426 e. The number of hydrogen-bond acceptors (Lipinski definition) is 5. The van der Waals surface area contributed by atoms with E-state index in [4.69, 9.17) is 15.6 Å². The van der Waals surface area contributed by atoms with E-state index in [-0.39, 0.29) is 23.7 Å². The first kappa shape index (κ1) is 17.0. The predicted octanol–water partition coefficient (Wildman–Crippen LogP) is 3.04. The van der Waals surface area contributed by atoms with E-state index in [1.165, 1.54) is 6.92 Å². The fourth-order valence-electron chi connectivity index (χ4n) is 3.15. The lowest BCUT2D eigenvalue weighted by Crippen LogP contribution is -2.37. The first-order valence-electron chi connectivity index (χ1n) is 8.17. The van der Waals surface area contributed by atoms with Gasteiger partial charge in [0.05, 0.1) is 11.1 Å². The molecule has 0 bridgehead atoms. The number of fused-ring (bicyclic) bond motifs is 1. The fourth-order valence-corrected chi connectivity index (χ4v) is 3.15. The highest BCUT2D eigenvalue weighted by Crippen LogP contribution is 2.44. The number of carbonyl (C=O) groups is 1. The number of ether oxygens (including phenoxy) is 1. The molecule has 0 saturated carbocycles. The van der Waals surface area contributed by atoms with Gasteiger partial charge >= 0.3 is 0 Å². The van der Waals surface area contributed by atoms with Gasteiger partial charge in [-0.05, 0) is 56.8 Å². The Morgan fingerprint density at radius 1 is 1.32 bits per heavy atom. The third-order valence-electron chi connectivity index (χ3n) is 4.46. The molecule has 1 aromatic carbocycles. The monoisotopic (exact) mass is 338 g/mol. The summed E-state index contributed by atoms with van der Waals surface area (Å²) in [4.78, 5) is 14.8. The summed E-state index contributed by atoms with van der Waals surface area (Å²) in [5.74, 6) is -0.146. The summed E-state index contributed by atoms with van der Waals surface area (Å²) in [6.45, 7) is 7.31. The molecule has 2 aliphatic rings. The van der Waals surface area contributed by atoms with Gasteiger partial charge in [0.25, 0.3) is 0 Å². The second-order valence-corrected chi connectivity index (χ2v) is 6.87. The molecule has 6 nitrogen and oxygen atoms in total. The SMILES string of the molecule is CC(=N)OC(=N)c1ccc2c(c1)N(C1=CC(C)NC=C1)C(=O)C2(C)C. The summed E-state index contributed by atoms with van der Waals surface area (Å²) in [6, 6.07) is 5.55. The van der Waals surface area contributed by atoms with Crippen LogP contribution in [0.2, 0.25) is 0 Å². The Morgan fingerprint density at radius 3 is 2.68 bits per heavy atom. The number of amides is 1. The molecule has 0 aliphatic carbocycles. The normalized spacial score (nSPS) is 20.6. The van der Waals surface area contributed by atoms with Gasteiger partial charge < -0.3 is 10.1 Å². The van der Waals surface area contributed by atoms with Crippen LogP contribution in [0.3, 0.4) is 0 Å². The van der Waals surface area contributed by atoms with E-state index in [1.807, 2.05) is 45.2 Å². The molecule has 3 N–H and O–H groups in total. The van der Waals surface area contributed by atoms with Gasteiger partial charge in [0.2, 0.25) is 11.8 Å². The summed E-state index contributed by atoms with van der Waals surface area (Å²) in [5, 5.41) is 18.6. The van der Waals surface area contributed by atoms with Gasteiger partial charge in [-0.1, -0.05) is 6.07 Å². The maximum Gasteiger partial charge on any atom is 0.241 e. The molecule has 1 aromatic rings. The Bertz CT molecular complexity index is 836. The number of benzene rings is 1. The van der Waals surface area contributed by atoms with E-state index in [9.17, 15) is 4.79 Å². The molecular weight excluding hydrogens is 316 g/mol. The third kappa shape index (κ3) is 2.84. The molecule has 1 amide bonds. The molecule has 1 unspecified atom stereocenters. The molecule has 0 aromatic heterocycles. The largest absolute Gasteiger partial charge is 0.426 e. The first-order chi connectivity index (χ1) is 11.7. The minimum atomic E-state index is -0.642. The molecule has 1 atom stereocenters. The molecule has 0 fully saturated rings. The second kappa shape index (κ2) is 5.88. The van der Waals surface area contributed by atoms with E-state index in [0.717, 1.165) is 16.9 Å². The number of rotatable bonds is 2. The van der Waals surface area contributed by atoms with Crippen molar-refractivity contribution in [2.75, 3.05) is 4.90 Å². The highest BCUT2D eigenvalue weighted by Gasteiger charge is 2.45. The molecule has 0 saturated heterocycles. The van der Waals surface area contributed by atoms with Crippen molar-refractivity contribution in [3.63, 3.8) is 0 Å². The van der Waals surface area contributed by atoms with Crippen molar-refractivity contribution < 1.29 is 9.53 Å². The van der Waals surface area contributed by atoms with Crippen molar-refractivity contribution in [3.05, 3.63) is 53.4 Å². The average molecular weight is 338 g/mol. The van der Waals surface area contributed by atoms with Crippen LogP contribution in [0, 0.1) is 10.8 Å². The average Bonchev–Trinajstić information content (AvgIpc) is 2.73. The lowest BCUT2D eigenvalue weighted by Gasteiger charge is -2.25. The zero-order chi connectivity index (χ0) is 18.4. The van der Waals surface area contributed by atoms with Crippen LogP contribution in [0.15, 0.2) is 42.2 Å². The predicted molar refractivity (Wildman–Crippen MR) is 98.1 cm³/mol. The van der Waals surface area contributed by atoms with Gasteiger partial charge in [-0.15, -0.1) is 0 Å². The van der Waals surface area contributed by atoms with Crippen molar-refractivity contribution in [1.29, 1.82) is 10.8 Å². The number of anilines is 1. The van der Waals surface area contributed by atoms with Crippen LogP contribution >= 0.6 is 0 Å². The topological polar surface area (TPSA) is 89.3 Å². The van der Waals surface area contributed by atoms with E-state index >= 15 is 0 Å². The quantitative estimate of drug-likeness (QED) is 0.572. The lowest BCUT2D eigenvalue weighted by atomic mass is 9.86. The fraction of sp³-hybridized carbons (Fsp3) is 0.316. The number of hydrogen-bond donors (Lipinski definition) is 3. The zero-order valence-corrected chi connectivity index (χ0v) is 14.8. The summed E-state index contributed by atoms with van der Waals surface area (Å²) in [7, 11) is 0. The van der Waals surface area contributed by atoms with Crippen molar-refractivity contribution in [2.24, 2.45) is 0 Å². The van der Waals surface area contributed by atoms with Crippen LogP contribution < -0.4 is 10.2 Å². The van der Waals surface area contributed by atoms with Gasteiger partial charge in [-0.25, -0.2) is 0 Å². The third-order valence-corrected chi connectivity index (χ3v) is 4.46. The van der Waals surface area contributed by atoms with Crippen molar-refractivity contribution in [1.82, 2.24) is 5.32 Å². The molecule has 2 aliphatic heterocycles. The molecule has 6 heteroatoms. The number of nitrogens with one attached hydrogen (secondary N) is 3. The maximum absolute atomic E-state index is 13.1. The molecule has 2 heterocycles. The number of allylic oxidation sites excluding steroid dienone is 1. The first-order valence-corrected chi connectivity index (χ1v) is 8.17. The Morgan fingerprint density at radius 2 is 2.04 bits per heavy atom. The number of carbonyl (C=O) groups excluding carboxylic acids is 1. The van der Waals surface area contributed by atoms with Crippen molar-refractivity contribution in [2.45, 2.75) is 39.2 Å². The Balaban J connectivity index is 2.09. The lowest BCUT2D eigenvalue weighted by molar-refractivity contribution is -0.121. The summed E-state index contributed by atoms with van der Waals surface area (Å²) in [6.07, 6.45) is 5.71. The number of dihydropyridines is 1. The molecule has 0 spiro atoms. The van der Waals surface area contributed by atoms with Crippen molar-refractivity contribution >= 4 is 23.4 Å². The number of nitrogens with zero attached hydrogens (tertiary/aromatic N) is 1. The second-order valence-electron chi connectivity index (χ2n) is 6.87. The Kier molecular flexibility index (Phi) is 3.99. The smallest absolute Gasteiger partial charge is 0.241 e. The van der Waals surface area contributed by atoms with Gasteiger partial charge in [0.15, 0.2) is 5.90 Å². The standard InChI is InChI=1S/C19H22N4O2/c1-11-9-14(7-8-22-11)23-16-10-13(17(21)25-12(2)20)5-6-15(16)19(3,4)18(23)24/h5-11,20-22H,1-4H3. The van der Waals surface area contributed by atoms with E-state index in [1.54, 1.807) is 17.0 Å². The molecule has 0 radical (unpaired) electrons. The van der Waals surface area contributed by atoms with E-state index in [2.05, 4.69) is 5.32 Å². The van der Waals surface area contributed by atoms with E-state index in [0.29, 0.717) is 5.56 Å². The molecule has 25 heavy (non-hydrogen) atoms. The summed E-state index contributed by atoms with van der Waals surface area (Å²) >= 11 is 0. The Hall–Kier alpha value is -2.89. The van der Waals surface area contributed by atoms with Crippen LogP contribution in [0.4, 0.5) is 5.69 Å². The van der Waals surface area contributed by atoms with Crippen LogP contribution in [0.1, 0.15) is 38.8 Å². The van der Waals surface area contributed by atoms with Gasteiger partial charge in [-0.2, -0.15) is 0 Å². The van der Waals surface area contributed by atoms with Crippen LogP contribution in [0.25, 0.3) is 0 Å². The van der Waals surface area contributed by atoms with Gasteiger partial charge in [-0.3, -0.25) is 20.5 Å². The molecule has 3 rings (SSSR count). The van der Waals surface area contributed by atoms with Crippen molar-refractivity contribution in [3.8, 4) is 0 Å². The van der Waals surface area contributed by atoms with Crippen LogP contribution in [-0.2, 0) is 14.9 Å². The Labute approximate surface area is 147 Å². The van der Waals surface area contributed by atoms with Gasteiger partial charge in [0.1, 0.15) is 0 Å². The highest BCUT2D eigenvalue weighted by molar-refractivity contribution is 6.11. The van der Waals surface area contributed by atoms with Crippen LogP contribution in [0.5, 0.6) is 0 Å². The van der Waals surface area contributed by atoms with Gasteiger partial charge in [0, 0.05) is 24.2 Å². The summed E-state index contributed by atoms with van der Waals surface area (Å²) < 4.78 is 5.10.